The van der Waals surface area contributed by atoms with Gasteiger partial charge in [0.1, 0.15) is 11.5 Å². The van der Waals surface area contributed by atoms with Crippen molar-refractivity contribution in [3.63, 3.8) is 0 Å². The number of rotatable bonds is 10. The van der Waals surface area contributed by atoms with Gasteiger partial charge < -0.3 is 24.4 Å². The Morgan fingerprint density at radius 1 is 1.23 bits per heavy atom. The largest absolute Gasteiger partial charge is 0.485 e. The lowest BCUT2D eigenvalue weighted by Gasteiger charge is -2.29. The number of halogens is 1. The molecule has 0 aromatic heterocycles. The number of benzene rings is 2. The molecule has 0 saturated carbocycles. The number of hydrogen-bond acceptors (Lipinski definition) is 6. The van der Waals surface area contributed by atoms with Crippen LogP contribution in [0.15, 0.2) is 36.4 Å². The minimum Gasteiger partial charge on any atom is -0.485 e. The summed E-state index contributed by atoms with van der Waals surface area (Å²) >= 11 is 6.03. The van der Waals surface area contributed by atoms with Crippen molar-refractivity contribution in [1.29, 1.82) is 0 Å². The first-order valence-electron chi connectivity index (χ1n) is 11.8. The lowest BCUT2D eigenvalue weighted by molar-refractivity contribution is -0.123. The van der Waals surface area contributed by atoms with Crippen LogP contribution in [0.4, 0.5) is 5.69 Å². The summed E-state index contributed by atoms with van der Waals surface area (Å²) in [5.74, 6) is 0.566. The summed E-state index contributed by atoms with van der Waals surface area (Å²) in [4.78, 5) is 39.1. The second-order valence-electron chi connectivity index (χ2n) is 8.68. The quantitative estimate of drug-likeness (QED) is 0.500. The molecular formula is C26H29ClN2O6. The van der Waals surface area contributed by atoms with Crippen LogP contribution >= 0.6 is 11.6 Å². The number of nitrogens with zero attached hydrogens (tertiary/aromatic N) is 1. The topological polar surface area (TPSA) is 94.2 Å². The molecule has 2 heterocycles. The average molecular weight is 501 g/mol. The van der Waals surface area contributed by atoms with Gasteiger partial charge in [0.2, 0.25) is 5.91 Å². The normalized spacial score (nSPS) is 17.0. The number of fused-ring (bicyclic) bond motifs is 1. The van der Waals surface area contributed by atoms with Gasteiger partial charge in [0.15, 0.2) is 19.0 Å². The Morgan fingerprint density at radius 3 is 2.86 bits per heavy atom. The number of amides is 2. The molecule has 4 rings (SSSR count). The van der Waals surface area contributed by atoms with Gasteiger partial charge in [0.25, 0.3) is 5.91 Å². The van der Waals surface area contributed by atoms with Gasteiger partial charge >= 0.3 is 0 Å². The predicted octanol–water partition coefficient (Wildman–Crippen LogP) is 3.71. The number of ether oxygens (including phenoxy) is 3. The maximum atomic E-state index is 12.8. The van der Waals surface area contributed by atoms with Crippen molar-refractivity contribution >= 4 is 34.9 Å². The van der Waals surface area contributed by atoms with Crippen molar-refractivity contribution in [3.05, 3.63) is 52.5 Å². The van der Waals surface area contributed by atoms with Crippen LogP contribution in [-0.4, -0.2) is 56.6 Å². The number of anilines is 1. The number of hydrogen-bond donors (Lipinski definition) is 1. The Balaban J connectivity index is 1.34. The van der Waals surface area contributed by atoms with Crippen molar-refractivity contribution < 1.29 is 28.6 Å². The zero-order chi connectivity index (χ0) is 24.8. The summed E-state index contributed by atoms with van der Waals surface area (Å²) < 4.78 is 16.7. The average Bonchev–Trinajstić information content (AvgIpc) is 3.38. The minimum absolute atomic E-state index is 0.0695. The minimum atomic E-state index is -0.230. The number of carbonyl (C=O) groups excluding carboxylic acids is 3. The van der Waals surface area contributed by atoms with Crippen molar-refractivity contribution in [1.82, 2.24) is 5.32 Å². The smallest absolute Gasteiger partial charge is 0.265 e. The molecule has 0 aliphatic carbocycles. The Kier molecular flexibility index (Phi) is 8.25. The van der Waals surface area contributed by atoms with Crippen LogP contribution in [0.3, 0.4) is 0 Å². The van der Waals surface area contributed by atoms with Gasteiger partial charge in [-0.05, 0) is 68.1 Å². The molecule has 2 aliphatic rings. The summed E-state index contributed by atoms with van der Waals surface area (Å²) in [6.07, 6.45) is 2.86. The van der Waals surface area contributed by atoms with Gasteiger partial charge in [-0.25, -0.2) is 0 Å². The molecule has 0 radical (unpaired) electrons. The monoisotopic (exact) mass is 500 g/mol. The summed E-state index contributed by atoms with van der Waals surface area (Å²) in [6.45, 7) is 3.24. The van der Waals surface area contributed by atoms with Crippen LogP contribution in [0.1, 0.15) is 41.6 Å². The van der Waals surface area contributed by atoms with E-state index in [2.05, 4.69) is 5.32 Å². The number of carbonyl (C=O) groups is 3. The Morgan fingerprint density at radius 2 is 2.09 bits per heavy atom. The van der Waals surface area contributed by atoms with Crippen molar-refractivity contribution in [2.24, 2.45) is 0 Å². The van der Waals surface area contributed by atoms with E-state index >= 15 is 0 Å². The van der Waals surface area contributed by atoms with Gasteiger partial charge in [0.05, 0.1) is 11.8 Å². The molecule has 2 amide bonds. The number of nitrogens with one attached hydrogen (secondary N) is 1. The molecule has 0 unspecified atom stereocenters. The van der Waals surface area contributed by atoms with E-state index in [0.717, 1.165) is 25.0 Å². The van der Waals surface area contributed by atoms with Gasteiger partial charge in [0, 0.05) is 36.7 Å². The lowest BCUT2D eigenvalue weighted by atomic mass is 10.1. The lowest BCUT2D eigenvalue weighted by Crippen LogP contribution is -2.40. The highest BCUT2D eigenvalue weighted by atomic mass is 35.5. The molecule has 1 fully saturated rings. The standard InChI is InChI=1S/C26H29ClN2O6/c1-17-12-19(7-8-21(17)27)34-15-23(30)18-6-9-24-22(13-18)29(26(32)16-35-24)10-2-5-25(31)28-14-20-4-3-11-33-20/h6-9,12-13,20H,2-5,10-11,14-16H2,1H3,(H,28,31)/t20-/m1/s1. The van der Waals surface area contributed by atoms with Gasteiger partial charge in [-0.15, -0.1) is 0 Å². The second-order valence-corrected chi connectivity index (χ2v) is 9.09. The second kappa shape index (κ2) is 11.6. The van der Waals surface area contributed by atoms with E-state index in [0.29, 0.717) is 53.7 Å². The van der Waals surface area contributed by atoms with Crippen LogP contribution in [0.25, 0.3) is 0 Å². The van der Waals surface area contributed by atoms with Gasteiger partial charge in [-0.2, -0.15) is 0 Å². The zero-order valence-corrected chi connectivity index (χ0v) is 20.4. The third-order valence-electron chi connectivity index (χ3n) is 6.06. The van der Waals surface area contributed by atoms with E-state index in [-0.39, 0.29) is 36.9 Å². The van der Waals surface area contributed by atoms with E-state index in [9.17, 15) is 14.4 Å². The molecule has 1 saturated heterocycles. The van der Waals surface area contributed by atoms with Gasteiger partial charge in [-0.3, -0.25) is 14.4 Å². The molecule has 2 aliphatic heterocycles. The first kappa shape index (κ1) is 25.0. The molecule has 9 heteroatoms. The Labute approximate surface area is 209 Å². The van der Waals surface area contributed by atoms with Crippen molar-refractivity contribution in [2.45, 2.75) is 38.7 Å². The van der Waals surface area contributed by atoms with E-state index in [4.69, 9.17) is 25.8 Å². The highest BCUT2D eigenvalue weighted by Crippen LogP contribution is 2.33. The molecular weight excluding hydrogens is 472 g/mol. The molecule has 2 aromatic carbocycles. The molecule has 8 nitrogen and oxygen atoms in total. The van der Waals surface area contributed by atoms with Crippen molar-refractivity contribution in [2.75, 3.05) is 37.8 Å². The summed E-state index contributed by atoms with van der Waals surface area (Å²) in [5.41, 5.74) is 1.79. The van der Waals surface area contributed by atoms with E-state index < -0.39 is 0 Å². The maximum absolute atomic E-state index is 12.8. The highest BCUT2D eigenvalue weighted by molar-refractivity contribution is 6.31. The molecule has 1 atom stereocenters. The number of ketones is 1. The fourth-order valence-corrected chi connectivity index (χ4v) is 4.20. The summed E-state index contributed by atoms with van der Waals surface area (Å²) in [5, 5.41) is 3.52. The molecule has 35 heavy (non-hydrogen) atoms. The van der Waals surface area contributed by atoms with Crippen LogP contribution in [-0.2, 0) is 14.3 Å². The predicted molar refractivity (Wildman–Crippen MR) is 132 cm³/mol. The maximum Gasteiger partial charge on any atom is 0.265 e. The van der Waals surface area contributed by atoms with E-state index in [1.54, 1.807) is 41.3 Å². The fourth-order valence-electron chi connectivity index (χ4n) is 4.08. The van der Waals surface area contributed by atoms with E-state index in [1.807, 2.05) is 6.92 Å². The Hall–Kier alpha value is -3.10. The molecule has 0 bridgehead atoms. The highest BCUT2D eigenvalue weighted by Gasteiger charge is 2.26. The van der Waals surface area contributed by atoms with Crippen LogP contribution in [0, 0.1) is 6.92 Å². The first-order chi connectivity index (χ1) is 16.9. The SMILES string of the molecule is Cc1cc(OCC(=O)c2ccc3c(c2)N(CCCC(=O)NC[C@H]2CCCO2)C(=O)CO3)ccc1Cl. The summed E-state index contributed by atoms with van der Waals surface area (Å²) in [6, 6.07) is 10.2. The molecule has 186 valence electrons. The Bertz CT molecular complexity index is 1100. The van der Waals surface area contributed by atoms with Crippen molar-refractivity contribution in [3.8, 4) is 11.5 Å². The van der Waals surface area contributed by atoms with Crippen LogP contribution < -0.4 is 19.7 Å². The van der Waals surface area contributed by atoms with Crippen LogP contribution in [0.2, 0.25) is 5.02 Å². The fraction of sp³-hybridized carbons (Fsp3) is 0.423. The zero-order valence-electron chi connectivity index (χ0n) is 19.7. The first-order valence-corrected chi connectivity index (χ1v) is 12.2. The van der Waals surface area contributed by atoms with E-state index in [1.165, 1.54) is 0 Å². The number of Topliss-reactive ketones (excluding diaryl/α,β-unsaturated/α-hetero) is 1. The third kappa shape index (κ3) is 6.52. The summed E-state index contributed by atoms with van der Waals surface area (Å²) in [7, 11) is 0. The molecule has 0 spiro atoms. The van der Waals surface area contributed by atoms with Gasteiger partial charge in [-0.1, -0.05) is 11.6 Å². The molecule has 1 N–H and O–H groups in total. The number of aryl methyl sites for hydroxylation is 1. The van der Waals surface area contributed by atoms with Crippen LogP contribution in [0.5, 0.6) is 11.5 Å². The molecule has 2 aromatic rings. The third-order valence-corrected chi connectivity index (χ3v) is 6.48.